The Labute approximate surface area is 199 Å². The highest BCUT2D eigenvalue weighted by Crippen LogP contribution is 2.38. The first-order valence-electron chi connectivity index (χ1n) is 11.7. The minimum absolute atomic E-state index is 0.00614. The zero-order valence-electron chi connectivity index (χ0n) is 19.3. The fraction of sp³-hybridized carbons (Fsp3) is 0.520. The summed E-state index contributed by atoms with van der Waals surface area (Å²) in [6.07, 6.45) is 4.96. The lowest BCUT2D eigenvalue weighted by molar-refractivity contribution is -0.136. The van der Waals surface area contributed by atoms with Gasteiger partial charge in [-0.3, -0.25) is 19.5 Å². The molecule has 0 bridgehead atoms. The van der Waals surface area contributed by atoms with Crippen LogP contribution in [0, 0.1) is 11.8 Å². The molecule has 1 unspecified atom stereocenters. The standard InChI is InChI=1S/C25H32N4O3S/c1-18(2)6-10-25(23(31)29(24(32)27-25)16-21-5-3-4-11-26-21)20-7-12-28(13-8-20)22(30)15-19-9-14-33-17-19/h3-5,9,11,14,17-18,20H,6-8,10,12-13,15-16H2,1-2H3,(H,27,32). The SMILES string of the molecule is CC(C)CCC1(C2CCN(C(=O)Cc3ccsc3)CC2)NC(=O)N(Cc2ccccn2)C1=O. The van der Waals surface area contributed by atoms with Crippen molar-refractivity contribution in [2.45, 2.75) is 58.0 Å². The van der Waals surface area contributed by atoms with Crippen molar-refractivity contribution < 1.29 is 14.4 Å². The summed E-state index contributed by atoms with van der Waals surface area (Å²) >= 11 is 1.60. The van der Waals surface area contributed by atoms with Crippen LogP contribution < -0.4 is 5.32 Å². The summed E-state index contributed by atoms with van der Waals surface area (Å²) in [5, 5.41) is 7.09. The molecular weight excluding hydrogens is 436 g/mol. The Balaban J connectivity index is 1.47. The Morgan fingerprint density at radius 1 is 1.24 bits per heavy atom. The maximum Gasteiger partial charge on any atom is 0.325 e. The predicted octanol–water partition coefficient (Wildman–Crippen LogP) is 3.85. The normalized spacial score (nSPS) is 21.7. The van der Waals surface area contributed by atoms with Gasteiger partial charge in [-0.2, -0.15) is 11.3 Å². The number of nitrogens with zero attached hydrogens (tertiary/aromatic N) is 3. The van der Waals surface area contributed by atoms with Crippen molar-refractivity contribution in [3.05, 3.63) is 52.5 Å². The third-order valence-electron chi connectivity index (χ3n) is 6.84. The van der Waals surface area contributed by atoms with Crippen molar-refractivity contribution in [2.75, 3.05) is 13.1 Å². The molecule has 0 aliphatic carbocycles. The van der Waals surface area contributed by atoms with E-state index in [1.54, 1.807) is 17.5 Å². The van der Waals surface area contributed by atoms with E-state index in [0.29, 0.717) is 50.4 Å². The van der Waals surface area contributed by atoms with Crippen LogP contribution in [0.25, 0.3) is 0 Å². The van der Waals surface area contributed by atoms with Crippen LogP contribution in [-0.2, 0) is 22.6 Å². The van der Waals surface area contributed by atoms with Gasteiger partial charge in [0.1, 0.15) is 5.54 Å². The van der Waals surface area contributed by atoms with Crippen LogP contribution in [0.4, 0.5) is 4.79 Å². The van der Waals surface area contributed by atoms with E-state index in [-0.39, 0.29) is 30.3 Å². The Morgan fingerprint density at radius 3 is 2.67 bits per heavy atom. The summed E-state index contributed by atoms with van der Waals surface area (Å²) in [4.78, 5) is 46.9. The van der Waals surface area contributed by atoms with Gasteiger partial charge in [0.2, 0.25) is 5.91 Å². The summed E-state index contributed by atoms with van der Waals surface area (Å²) < 4.78 is 0. The lowest BCUT2D eigenvalue weighted by Crippen LogP contribution is -2.56. The van der Waals surface area contributed by atoms with Gasteiger partial charge >= 0.3 is 6.03 Å². The number of likely N-dealkylation sites (tertiary alicyclic amines) is 1. The lowest BCUT2D eigenvalue weighted by atomic mass is 9.73. The summed E-state index contributed by atoms with van der Waals surface area (Å²) in [5.74, 6) is 0.402. The predicted molar refractivity (Wildman–Crippen MR) is 127 cm³/mol. The van der Waals surface area contributed by atoms with Crippen molar-refractivity contribution in [1.29, 1.82) is 0 Å². The highest BCUT2D eigenvalue weighted by molar-refractivity contribution is 7.08. The molecule has 0 saturated carbocycles. The number of hydrogen-bond acceptors (Lipinski definition) is 5. The smallest absolute Gasteiger partial charge is 0.325 e. The first kappa shape index (κ1) is 23.4. The van der Waals surface area contributed by atoms with Crippen LogP contribution >= 0.6 is 11.3 Å². The van der Waals surface area contributed by atoms with Gasteiger partial charge in [-0.25, -0.2) is 4.79 Å². The zero-order chi connectivity index (χ0) is 23.4. The molecule has 1 N–H and O–H groups in total. The van der Waals surface area contributed by atoms with E-state index in [2.05, 4.69) is 24.1 Å². The van der Waals surface area contributed by atoms with Crippen molar-refractivity contribution in [1.82, 2.24) is 20.1 Å². The molecule has 4 amide bonds. The molecule has 0 aromatic carbocycles. The maximum absolute atomic E-state index is 13.7. The van der Waals surface area contributed by atoms with Crippen LogP contribution in [0.15, 0.2) is 41.2 Å². The van der Waals surface area contributed by atoms with E-state index in [1.165, 1.54) is 4.90 Å². The molecule has 1 atom stereocenters. The van der Waals surface area contributed by atoms with Crippen LogP contribution in [0.1, 0.15) is 50.8 Å². The Hall–Kier alpha value is -2.74. The number of amides is 4. The number of rotatable bonds is 8. The molecule has 2 aliphatic heterocycles. The van der Waals surface area contributed by atoms with Crippen LogP contribution in [0.2, 0.25) is 0 Å². The highest BCUT2D eigenvalue weighted by Gasteiger charge is 2.55. The van der Waals surface area contributed by atoms with Gasteiger partial charge in [0.05, 0.1) is 18.7 Å². The number of pyridine rings is 1. The summed E-state index contributed by atoms with van der Waals surface area (Å²) in [6, 6.07) is 7.14. The minimum atomic E-state index is -0.904. The number of urea groups is 1. The van der Waals surface area contributed by atoms with Crippen LogP contribution in [0.3, 0.4) is 0 Å². The molecular formula is C25H32N4O3S. The van der Waals surface area contributed by atoms with Crippen molar-refractivity contribution in [3.63, 3.8) is 0 Å². The van der Waals surface area contributed by atoms with Gasteiger partial charge in [0.15, 0.2) is 0 Å². The first-order chi connectivity index (χ1) is 15.9. The second-order valence-corrected chi connectivity index (χ2v) is 10.3. The summed E-state index contributed by atoms with van der Waals surface area (Å²) in [6.45, 7) is 5.66. The van der Waals surface area contributed by atoms with Gasteiger partial charge in [-0.1, -0.05) is 19.9 Å². The van der Waals surface area contributed by atoms with Gasteiger partial charge in [0, 0.05) is 19.3 Å². The first-order valence-corrected chi connectivity index (χ1v) is 12.7. The van der Waals surface area contributed by atoms with Gasteiger partial charge < -0.3 is 10.2 Å². The number of piperidine rings is 1. The average molecular weight is 469 g/mol. The van der Waals surface area contributed by atoms with E-state index in [4.69, 9.17) is 0 Å². The molecule has 7 nitrogen and oxygen atoms in total. The number of carbonyl (C=O) groups excluding carboxylic acids is 3. The van der Waals surface area contributed by atoms with E-state index in [1.807, 2.05) is 39.9 Å². The molecule has 2 aliphatic rings. The van der Waals surface area contributed by atoms with Crippen LogP contribution in [0.5, 0.6) is 0 Å². The average Bonchev–Trinajstić information content (AvgIpc) is 3.41. The molecule has 4 rings (SSSR count). The molecule has 0 radical (unpaired) electrons. The third kappa shape index (κ3) is 5.11. The summed E-state index contributed by atoms with van der Waals surface area (Å²) in [7, 11) is 0. The molecule has 2 saturated heterocycles. The molecule has 0 spiro atoms. The zero-order valence-corrected chi connectivity index (χ0v) is 20.1. The quantitative estimate of drug-likeness (QED) is 0.597. The largest absolute Gasteiger partial charge is 0.342 e. The topological polar surface area (TPSA) is 82.6 Å². The van der Waals surface area contributed by atoms with Gasteiger partial charge in [-0.15, -0.1) is 0 Å². The Bertz CT molecular complexity index is 971. The van der Waals surface area contributed by atoms with Crippen molar-refractivity contribution >= 4 is 29.2 Å². The van der Waals surface area contributed by atoms with Gasteiger partial charge in [-0.05, 0) is 72.0 Å². The maximum atomic E-state index is 13.7. The van der Waals surface area contributed by atoms with Crippen LogP contribution in [-0.4, -0.2) is 51.3 Å². The molecule has 2 fully saturated rings. The minimum Gasteiger partial charge on any atom is -0.342 e. The number of nitrogens with one attached hydrogen (secondary N) is 1. The van der Waals surface area contributed by atoms with E-state index in [9.17, 15) is 14.4 Å². The highest BCUT2D eigenvalue weighted by atomic mass is 32.1. The number of carbonyl (C=O) groups is 3. The molecule has 2 aromatic rings. The monoisotopic (exact) mass is 468 g/mol. The number of hydrogen-bond donors (Lipinski definition) is 1. The van der Waals surface area contributed by atoms with Crippen molar-refractivity contribution in [2.24, 2.45) is 11.8 Å². The fourth-order valence-electron chi connectivity index (χ4n) is 4.91. The van der Waals surface area contributed by atoms with Gasteiger partial charge in [0.25, 0.3) is 5.91 Å². The lowest BCUT2D eigenvalue weighted by Gasteiger charge is -2.41. The summed E-state index contributed by atoms with van der Waals surface area (Å²) in [5.41, 5.74) is 0.831. The Morgan fingerprint density at radius 2 is 2.03 bits per heavy atom. The number of thiophene rings is 1. The fourth-order valence-corrected chi connectivity index (χ4v) is 5.58. The second kappa shape index (κ2) is 10.0. The van der Waals surface area contributed by atoms with Crippen molar-refractivity contribution in [3.8, 4) is 0 Å². The molecule has 4 heterocycles. The molecule has 8 heteroatoms. The second-order valence-electron chi connectivity index (χ2n) is 9.51. The molecule has 176 valence electrons. The number of imide groups is 1. The number of aromatic nitrogens is 1. The van der Waals surface area contributed by atoms with E-state index < -0.39 is 5.54 Å². The molecule has 33 heavy (non-hydrogen) atoms. The van der Waals surface area contributed by atoms with E-state index >= 15 is 0 Å². The third-order valence-corrected chi connectivity index (χ3v) is 7.58. The van der Waals surface area contributed by atoms with E-state index in [0.717, 1.165) is 12.0 Å². The Kier molecular flexibility index (Phi) is 7.12. The molecule has 2 aromatic heterocycles.